The van der Waals surface area contributed by atoms with Crippen LogP contribution in [0.1, 0.15) is 44.8 Å². The van der Waals surface area contributed by atoms with Crippen LogP contribution in [0.3, 0.4) is 0 Å². The molecule has 2 rings (SSSR count). The molecule has 0 aliphatic heterocycles. The molecule has 0 spiro atoms. The van der Waals surface area contributed by atoms with Crippen LogP contribution in [-0.2, 0) is 16.4 Å². The molecule has 1 fully saturated rings. The van der Waals surface area contributed by atoms with Crippen LogP contribution < -0.4 is 4.72 Å². The van der Waals surface area contributed by atoms with Crippen LogP contribution in [0.5, 0.6) is 0 Å². The van der Waals surface area contributed by atoms with Gasteiger partial charge >= 0.3 is 0 Å². The molecule has 1 saturated carbocycles. The quantitative estimate of drug-likeness (QED) is 0.840. The number of furan rings is 1. The monoisotopic (exact) mass is 301 g/mol. The highest BCUT2D eigenvalue weighted by Crippen LogP contribution is 2.23. The SMILES string of the molecule is CC(O)(CNS(=O)(=O)C1CCCCC1)Cc1ccco1. The van der Waals surface area contributed by atoms with Gasteiger partial charge in [-0.15, -0.1) is 0 Å². The minimum atomic E-state index is -3.34. The fraction of sp³-hybridized carbons (Fsp3) is 0.714. The Hall–Kier alpha value is -0.850. The van der Waals surface area contributed by atoms with Crippen molar-refractivity contribution in [2.75, 3.05) is 6.54 Å². The van der Waals surface area contributed by atoms with Gasteiger partial charge in [-0.05, 0) is 31.9 Å². The Bertz CT molecular complexity index is 501. The van der Waals surface area contributed by atoms with Gasteiger partial charge in [0.1, 0.15) is 5.76 Å². The zero-order valence-electron chi connectivity index (χ0n) is 11.8. The van der Waals surface area contributed by atoms with E-state index in [-0.39, 0.29) is 18.2 Å². The molecule has 0 amide bonds. The lowest BCUT2D eigenvalue weighted by atomic mass is 10.0. The van der Waals surface area contributed by atoms with E-state index in [1.807, 2.05) is 0 Å². The zero-order valence-corrected chi connectivity index (χ0v) is 12.7. The van der Waals surface area contributed by atoms with Crippen molar-refractivity contribution in [2.45, 2.75) is 56.3 Å². The van der Waals surface area contributed by atoms with Crippen molar-refractivity contribution < 1.29 is 17.9 Å². The minimum Gasteiger partial charge on any atom is -0.469 e. The van der Waals surface area contributed by atoms with E-state index in [1.54, 1.807) is 19.1 Å². The van der Waals surface area contributed by atoms with Gasteiger partial charge in [0, 0.05) is 13.0 Å². The molecule has 0 bridgehead atoms. The van der Waals surface area contributed by atoms with Gasteiger partial charge in [0.05, 0.1) is 17.1 Å². The van der Waals surface area contributed by atoms with Gasteiger partial charge in [-0.25, -0.2) is 13.1 Å². The number of hydrogen-bond acceptors (Lipinski definition) is 4. The van der Waals surface area contributed by atoms with Gasteiger partial charge in [-0.1, -0.05) is 19.3 Å². The summed E-state index contributed by atoms with van der Waals surface area (Å²) in [6, 6.07) is 3.52. The lowest BCUT2D eigenvalue weighted by Crippen LogP contribution is -2.45. The van der Waals surface area contributed by atoms with Crippen LogP contribution in [0, 0.1) is 0 Å². The summed E-state index contributed by atoms with van der Waals surface area (Å²) in [5, 5.41) is 9.95. The Balaban J connectivity index is 1.89. The molecule has 1 unspecified atom stereocenters. The third kappa shape index (κ3) is 4.33. The molecular formula is C14H23NO4S. The van der Waals surface area contributed by atoms with E-state index in [1.165, 1.54) is 6.26 Å². The molecular weight excluding hydrogens is 278 g/mol. The fourth-order valence-corrected chi connectivity index (χ4v) is 4.30. The van der Waals surface area contributed by atoms with E-state index in [9.17, 15) is 13.5 Å². The number of hydrogen-bond donors (Lipinski definition) is 2. The second-order valence-corrected chi connectivity index (χ2v) is 7.92. The molecule has 114 valence electrons. The third-order valence-electron chi connectivity index (χ3n) is 3.78. The van der Waals surface area contributed by atoms with Crippen molar-refractivity contribution in [3.05, 3.63) is 24.2 Å². The standard InChI is InChI=1S/C14H23NO4S/c1-14(16,10-12-6-5-9-19-12)11-15-20(17,18)13-7-3-2-4-8-13/h5-6,9,13,15-16H,2-4,7-8,10-11H2,1H3. The second-order valence-electron chi connectivity index (χ2n) is 5.88. The summed E-state index contributed by atoms with van der Waals surface area (Å²) in [6.07, 6.45) is 6.31. The summed E-state index contributed by atoms with van der Waals surface area (Å²) < 4.78 is 32.1. The van der Waals surface area contributed by atoms with Gasteiger partial charge in [0.25, 0.3) is 0 Å². The predicted octanol–water partition coefficient (Wildman–Crippen LogP) is 1.83. The average molecular weight is 301 g/mol. The fourth-order valence-electron chi connectivity index (χ4n) is 2.60. The molecule has 5 nitrogen and oxygen atoms in total. The zero-order chi connectivity index (χ0) is 14.6. The highest BCUT2D eigenvalue weighted by atomic mass is 32.2. The van der Waals surface area contributed by atoms with Gasteiger partial charge in [0.15, 0.2) is 0 Å². The number of aliphatic hydroxyl groups is 1. The summed E-state index contributed by atoms with van der Waals surface area (Å²) >= 11 is 0. The number of rotatable bonds is 6. The molecule has 1 heterocycles. The van der Waals surface area contributed by atoms with Gasteiger partial charge in [0.2, 0.25) is 10.0 Å². The lowest BCUT2D eigenvalue weighted by Gasteiger charge is -2.26. The van der Waals surface area contributed by atoms with Crippen molar-refractivity contribution in [2.24, 2.45) is 0 Å². The van der Waals surface area contributed by atoms with Crippen molar-refractivity contribution in [1.82, 2.24) is 4.72 Å². The molecule has 1 atom stereocenters. The number of sulfonamides is 1. The first-order valence-electron chi connectivity index (χ1n) is 7.12. The second kappa shape index (κ2) is 6.28. The Morgan fingerprint density at radius 1 is 1.40 bits per heavy atom. The molecule has 1 aliphatic carbocycles. The molecule has 0 saturated heterocycles. The average Bonchev–Trinajstić information content (AvgIpc) is 2.90. The first-order valence-corrected chi connectivity index (χ1v) is 8.67. The van der Waals surface area contributed by atoms with E-state index in [0.29, 0.717) is 5.76 Å². The number of nitrogens with one attached hydrogen (secondary N) is 1. The maximum Gasteiger partial charge on any atom is 0.214 e. The van der Waals surface area contributed by atoms with Crippen LogP contribution >= 0.6 is 0 Å². The minimum absolute atomic E-state index is 0.00648. The maximum absolute atomic E-state index is 12.2. The summed E-state index contributed by atoms with van der Waals surface area (Å²) in [5.74, 6) is 0.645. The van der Waals surface area contributed by atoms with E-state index >= 15 is 0 Å². The Labute approximate surface area is 120 Å². The maximum atomic E-state index is 12.2. The van der Waals surface area contributed by atoms with Crippen molar-refractivity contribution in [1.29, 1.82) is 0 Å². The molecule has 6 heteroatoms. The lowest BCUT2D eigenvalue weighted by molar-refractivity contribution is 0.0602. The Morgan fingerprint density at radius 3 is 2.70 bits per heavy atom. The largest absolute Gasteiger partial charge is 0.469 e. The van der Waals surface area contributed by atoms with Crippen molar-refractivity contribution in [3.63, 3.8) is 0 Å². The molecule has 0 aromatic carbocycles. The third-order valence-corrected chi connectivity index (χ3v) is 5.68. The molecule has 1 aromatic heterocycles. The van der Waals surface area contributed by atoms with Crippen molar-refractivity contribution in [3.8, 4) is 0 Å². The summed E-state index contributed by atoms with van der Waals surface area (Å²) in [4.78, 5) is 0. The summed E-state index contributed by atoms with van der Waals surface area (Å²) in [5.41, 5.74) is -1.15. The van der Waals surface area contributed by atoms with Crippen molar-refractivity contribution >= 4 is 10.0 Å². The van der Waals surface area contributed by atoms with E-state index in [4.69, 9.17) is 4.42 Å². The smallest absolute Gasteiger partial charge is 0.214 e. The summed E-state index contributed by atoms with van der Waals surface area (Å²) in [7, 11) is -3.34. The molecule has 1 aromatic rings. The first kappa shape index (κ1) is 15.5. The van der Waals surface area contributed by atoms with Gasteiger partial charge in [-0.3, -0.25) is 0 Å². The first-order chi connectivity index (χ1) is 9.39. The molecule has 2 N–H and O–H groups in total. The molecule has 20 heavy (non-hydrogen) atoms. The molecule has 1 aliphatic rings. The van der Waals surface area contributed by atoms with E-state index < -0.39 is 15.6 Å². The Kier molecular flexibility index (Phi) is 4.88. The molecule has 0 radical (unpaired) electrons. The van der Waals surface area contributed by atoms with Crippen LogP contribution in [0.2, 0.25) is 0 Å². The van der Waals surface area contributed by atoms with Crippen LogP contribution in [-0.4, -0.2) is 30.9 Å². The Morgan fingerprint density at radius 2 is 2.10 bits per heavy atom. The van der Waals surface area contributed by atoms with Crippen LogP contribution in [0.4, 0.5) is 0 Å². The topological polar surface area (TPSA) is 79.5 Å². The summed E-state index contributed by atoms with van der Waals surface area (Å²) in [6.45, 7) is 1.62. The predicted molar refractivity (Wildman–Crippen MR) is 76.8 cm³/mol. The normalized spacial score (nSPS) is 20.7. The van der Waals surface area contributed by atoms with E-state index in [2.05, 4.69) is 4.72 Å². The van der Waals surface area contributed by atoms with Gasteiger partial charge in [-0.2, -0.15) is 0 Å². The van der Waals surface area contributed by atoms with Gasteiger partial charge < -0.3 is 9.52 Å². The van der Waals surface area contributed by atoms with Crippen LogP contribution in [0.15, 0.2) is 22.8 Å². The highest BCUT2D eigenvalue weighted by Gasteiger charge is 2.30. The highest BCUT2D eigenvalue weighted by molar-refractivity contribution is 7.90. The van der Waals surface area contributed by atoms with E-state index in [0.717, 1.165) is 32.1 Å². The van der Waals surface area contributed by atoms with Crippen LogP contribution in [0.25, 0.3) is 0 Å².